The number of aryl methyl sites for hydroxylation is 1. The van der Waals surface area contributed by atoms with E-state index in [4.69, 9.17) is 11.6 Å². The first kappa shape index (κ1) is 20.9. The number of nitrogens with one attached hydrogen (secondary N) is 1. The lowest BCUT2D eigenvalue weighted by molar-refractivity contribution is 0.418. The van der Waals surface area contributed by atoms with Gasteiger partial charge in [-0.15, -0.1) is 0 Å². The highest BCUT2D eigenvalue weighted by atomic mass is 35.5. The predicted octanol–water partition coefficient (Wildman–Crippen LogP) is 6.22. The van der Waals surface area contributed by atoms with Crippen LogP contribution in [0.25, 0.3) is 0 Å². The molecule has 0 amide bonds. The van der Waals surface area contributed by atoms with Gasteiger partial charge in [-0.3, -0.25) is 0 Å². The van der Waals surface area contributed by atoms with Crippen molar-refractivity contribution in [3.8, 4) is 5.75 Å². The molecule has 1 heterocycles. The fourth-order valence-corrected chi connectivity index (χ4v) is 3.43. The molecular weight excluding hydrogens is 364 g/mol. The first-order chi connectivity index (χ1) is 12.6. The van der Waals surface area contributed by atoms with Crippen LogP contribution >= 0.6 is 23.5 Å². The number of likely N-dealkylation sites (tertiary alicyclic amines) is 1. The van der Waals surface area contributed by atoms with Crippen molar-refractivity contribution in [1.82, 2.24) is 4.90 Å². The Kier molecular flexibility index (Phi) is 9.16. The number of hydrogen-bond donors (Lipinski definition) is 2. The van der Waals surface area contributed by atoms with Crippen molar-refractivity contribution in [3.63, 3.8) is 0 Å². The maximum absolute atomic E-state index is 9.53. The van der Waals surface area contributed by atoms with Crippen molar-refractivity contribution in [2.75, 3.05) is 24.9 Å². The fourth-order valence-electron chi connectivity index (χ4n) is 2.67. The van der Waals surface area contributed by atoms with Crippen LogP contribution < -0.4 is 4.72 Å². The number of phenolic OH excluding ortho intramolecular Hbond substituents is 1. The normalized spacial score (nSPS) is 14.0. The lowest BCUT2D eigenvalue weighted by Crippen LogP contribution is -2.10. The lowest BCUT2D eigenvalue weighted by atomic mass is 10.1. The molecule has 0 aromatic heterocycles. The molecule has 3 rings (SSSR count). The minimum atomic E-state index is 0.0900. The molecule has 0 spiro atoms. The number of unbranched alkanes of at least 4 members (excludes halogenated alkanes) is 1. The molecule has 1 aliphatic heterocycles. The summed E-state index contributed by atoms with van der Waals surface area (Å²) in [6.45, 7) is 4.84. The van der Waals surface area contributed by atoms with Crippen LogP contribution in [0.3, 0.4) is 0 Å². The molecule has 0 atom stereocenters. The Labute approximate surface area is 166 Å². The van der Waals surface area contributed by atoms with Crippen LogP contribution in [0, 0.1) is 0 Å². The second-order valence-electron chi connectivity index (χ2n) is 6.63. The standard InChI is InChI=1S/C16H18ClNOS.C5H11N/c1-2-3-4-12-5-8-14(9-6-12)20-18-13-7-10-15(17)16(19)11-13;1-6-4-2-3-5-6/h5-11,18-19H,2-4H2,1H3;2-5H2,1H3. The van der Waals surface area contributed by atoms with Crippen LogP contribution in [0.15, 0.2) is 47.4 Å². The zero-order valence-corrected chi connectivity index (χ0v) is 17.2. The van der Waals surface area contributed by atoms with Crippen LogP contribution in [0.4, 0.5) is 5.69 Å². The zero-order valence-electron chi connectivity index (χ0n) is 15.7. The largest absolute Gasteiger partial charge is 0.506 e. The number of halogens is 1. The van der Waals surface area contributed by atoms with Gasteiger partial charge in [0, 0.05) is 16.6 Å². The van der Waals surface area contributed by atoms with E-state index in [0.717, 1.165) is 17.0 Å². The molecule has 1 fully saturated rings. The average Bonchev–Trinajstić information content (AvgIpc) is 3.13. The van der Waals surface area contributed by atoms with Gasteiger partial charge in [-0.25, -0.2) is 0 Å². The minimum Gasteiger partial charge on any atom is -0.506 e. The Morgan fingerprint density at radius 3 is 2.35 bits per heavy atom. The quantitative estimate of drug-likeness (QED) is 0.572. The molecule has 2 aromatic rings. The second-order valence-corrected chi connectivity index (χ2v) is 7.92. The second kappa shape index (κ2) is 11.4. The highest BCUT2D eigenvalue weighted by Gasteiger charge is 2.03. The highest BCUT2D eigenvalue weighted by molar-refractivity contribution is 8.00. The van der Waals surface area contributed by atoms with Crippen molar-refractivity contribution in [3.05, 3.63) is 53.1 Å². The van der Waals surface area contributed by atoms with Crippen LogP contribution in [0.2, 0.25) is 5.02 Å². The molecule has 26 heavy (non-hydrogen) atoms. The molecule has 2 aromatic carbocycles. The first-order valence-electron chi connectivity index (χ1n) is 9.27. The molecule has 1 aliphatic rings. The minimum absolute atomic E-state index is 0.0900. The van der Waals surface area contributed by atoms with Gasteiger partial charge in [-0.2, -0.15) is 0 Å². The maximum Gasteiger partial charge on any atom is 0.136 e. The summed E-state index contributed by atoms with van der Waals surface area (Å²) >= 11 is 7.29. The van der Waals surface area contributed by atoms with E-state index in [0.29, 0.717) is 5.02 Å². The van der Waals surface area contributed by atoms with Gasteiger partial charge < -0.3 is 14.7 Å². The summed E-state index contributed by atoms with van der Waals surface area (Å²) < 4.78 is 3.19. The van der Waals surface area contributed by atoms with E-state index in [-0.39, 0.29) is 5.75 Å². The highest BCUT2D eigenvalue weighted by Crippen LogP contribution is 2.29. The number of hydrogen-bond acceptors (Lipinski definition) is 4. The van der Waals surface area contributed by atoms with Crippen LogP contribution in [-0.4, -0.2) is 30.1 Å². The number of rotatable bonds is 6. The molecule has 142 valence electrons. The summed E-state index contributed by atoms with van der Waals surface area (Å²) in [6, 6.07) is 13.7. The Bertz CT molecular complexity index is 658. The van der Waals surface area contributed by atoms with Gasteiger partial charge in [-0.1, -0.05) is 37.1 Å². The Morgan fingerprint density at radius 2 is 1.81 bits per heavy atom. The summed E-state index contributed by atoms with van der Waals surface area (Å²) in [5, 5.41) is 9.90. The molecule has 0 radical (unpaired) electrons. The number of benzene rings is 2. The molecular formula is C21H29ClN2OS. The number of aromatic hydroxyl groups is 1. The zero-order chi connectivity index (χ0) is 18.8. The Morgan fingerprint density at radius 1 is 1.12 bits per heavy atom. The smallest absolute Gasteiger partial charge is 0.136 e. The maximum atomic E-state index is 9.53. The molecule has 0 bridgehead atoms. The summed E-state index contributed by atoms with van der Waals surface area (Å²) in [5.41, 5.74) is 2.20. The van der Waals surface area contributed by atoms with Gasteiger partial charge in [0.15, 0.2) is 0 Å². The lowest BCUT2D eigenvalue weighted by Gasteiger charge is -2.07. The van der Waals surface area contributed by atoms with E-state index in [1.165, 1.54) is 56.3 Å². The number of anilines is 1. The van der Waals surface area contributed by atoms with Gasteiger partial charge in [0.05, 0.1) is 5.02 Å². The predicted molar refractivity (Wildman–Crippen MR) is 114 cm³/mol. The van der Waals surface area contributed by atoms with E-state index in [1.54, 1.807) is 12.1 Å². The van der Waals surface area contributed by atoms with E-state index >= 15 is 0 Å². The van der Waals surface area contributed by atoms with Gasteiger partial charge in [-0.05, 0) is 87.6 Å². The third kappa shape index (κ3) is 7.48. The Balaban J connectivity index is 0.000000342. The molecule has 0 saturated carbocycles. The van der Waals surface area contributed by atoms with E-state index < -0.39 is 0 Å². The molecule has 3 nitrogen and oxygen atoms in total. The molecule has 1 saturated heterocycles. The van der Waals surface area contributed by atoms with Crippen LogP contribution in [0.1, 0.15) is 38.2 Å². The van der Waals surface area contributed by atoms with Gasteiger partial charge in [0.25, 0.3) is 0 Å². The molecule has 0 aliphatic carbocycles. The van der Waals surface area contributed by atoms with Crippen molar-refractivity contribution in [2.45, 2.75) is 43.9 Å². The first-order valence-corrected chi connectivity index (χ1v) is 10.5. The van der Waals surface area contributed by atoms with Crippen LogP contribution in [-0.2, 0) is 6.42 Å². The SMILES string of the molecule is CCCCc1ccc(SNc2ccc(Cl)c(O)c2)cc1.CN1CCCC1. The summed E-state index contributed by atoms with van der Waals surface area (Å²) in [4.78, 5) is 3.50. The van der Waals surface area contributed by atoms with Crippen molar-refractivity contribution < 1.29 is 5.11 Å². The van der Waals surface area contributed by atoms with Crippen LogP contribution in [0.5, 0.6) is 5.75 Å². The number of phenols is 1. The molecule has 2 N–H and O–H groups in total. The van der Waals surface area contributed by atoms with Crippen molar-refractivity contribution in [2.24, 2.45) is 0 Å². The van der Waals surface area contributed by atoms with Gasteiger partial charge >= 0.3 is 0 Å². The monoisotopic (exact) mass is 392 g/mol. The molecule has 5 heteroatoms. The Hall–Kier alpha value is -1.36. The van der Waals surface area contributed by atoms with E-state index in [9.17, 15) is 5.11 Å². The topological polar surface area (TPSA) is 35.5 Å². The van der Waals surface area contributed by atoms with Gasteiger partial charge in [0.2, 0.25) is 0 Å². The van der Waals surface area contributed by atoms with E-state index in [1.807, 2.05) is 6.07 Å². The summed E-state index contributed by atoms with van der Waals surface area (Å²) in [7, 11) is 2.17. The van der Waals surface area contributed by atoms with Crippen molar-refractivity contribution >= 4 is 29.2 Å². The third-order valence-electron chi connectivity index (χ3n) is 4.30. The van der Waals surface area contributed by atoms with E-state index in [2.05, 4.69) is 47.9 Å². The fraction of sp³-hybridized carbons (Fsp3) is 0.429. The molecule has 0 unspecified atom stereocenters. The summed E-state index contributed by atoms with van der Waals surface area (Å²) in [5.74, 6) is 0.0900. The third-order valence-corrected chi connectivity index (χ3v) is 5.47. The average molecular weight is 393 g/mol. The van der Waals surface area contributed by atoms with Gasteiger partial charge in [0.1, 0.15) is 5.75 Å². The van der Waals surface area contributed by atoms with Crippen molar-refractivity contribution in [1.29, 1.82) is 0 Å². The summed E-state index contributed by atoms with van der Waals surface area (Å²) in [6.07, 6.45) is 6.42. The number of nitrogens with zero attached hydrogens (tertiary/aromatic N) is 1.